The molecule has 47 heavy (non-hydrogen) atoms. The standard InChI is InChI=1S/C39H37ClN2O4S/c40-32-13-15-33(16-14-32)41-28-30-9-19-35(20-10-30)44-25-5-3-1-2-4-6-26-45-36-23-17-34(18-24-36)42-29-31-11-21-37(22-12-31)46-39(43)38-8-7-27-47-38/h7-24,27-29H,1-6,25-26H2. The minimum absolute atomic E-state index is 0.348. The van der Waals surface area contributed by atoms with Crippen molar-refractivity contribution >= 4 is 52.7 Å². The van der Waals surface area contributed by atoms with Crippen molar-refractivity contribution in [2.24, 2.45) is 9.98 Å². The summed E-state index contributed by atoms with van der Waals surface area (Å²) >= 11 is 7.28. The van der Waals surface area contributed by atoms with Crippen LogP contribution in [0.25, 0.3) is 0 Å². The van der Waals surface area contributed by atoms with E-state index in [1.807, 2.05) is 103 Å². The second-order valence-electron chi connectivity index (χ2n) is 10.8. The topological polar surface area (TPSA) is 69.5 Å². The molecule has 0 aliphatic carbocycles. The summed E-state index contributed by atoms with van der Waals surface area (Å²) in [6.07, 6.45) is 10.4. The van der Waals surface area contributed by atoms with Crippen LogP contribution in [-0.4, -0.2) is 31.6 Å². The number of hydrogen-bond donors (Lipinski definition) is 0. The lowest BCUT2D eigenvalue weighted by molar-refractivity contribution is 0.0740. The van der Waals surface area contributed by atoms with Crippen molar-refractivity contribution in [1.82, 2.24) is 0 Å². The minimum atomic E-state index is -0.348. The van der Waals surface area contributed by atoms with Crippen molar-refractivity contribution in [3.8, 4) is 17.2 Å². The lowest BCUT2D eigenvalue weighted by Gasteiger charge is -2.07. The van der Waals surface area contributed by atoms with Crippen LogP contribution in [0.1, 0.15) is 59.3 Å². The molecule has 1 heterocycles. The van der Waals surface area contributed by atoms with Gasteiger partial charge in [-0.3, -0.25) is 9.98 Å². The number of nitrogens with zero attached hydrogens (tertiary/aromatic N) is 2. The molecule has 4 aromatic carbocycles. The predicted octanol–water partition coefficient (Wildman–Crippen LogP) is 10.9. The first kappa shape index (κ1) is 33.6. The number of carbonyl (C=O) groups excluding carboxylic acids is 1. The third-order valence-electron chi connectivity index (χ3n) is 7.16. The zero-order valence-corrected chi connectivity index (χ0v) is 27.7. The average Bonchev–Trinajstić information content (AvgIpc) is 3.65. The summed E-state index contributed by atoms with van der Waals surface area (Å²) in [5, 5.41) is 2.55. The molecule has 0 fully saturated rings. The molecule has 0 saturated heterocycles. The van der Waals surface area contributed by atoms with Crippen LogP contribution < -0.4 is 14.2 Å². The van der Waals surface area contributed by atoms with Gasteiger partial charge in [-0.15, -0.1) is 11.3 Å². The largest absolute Gasteiger partial charge is 0.494 e. The number of halogens is 1. The first-order valence-corrected chi connectivity index (χ1v) is 17.0. The Labute approximate surface area is 285 Å². The highest BCUT2D eigenvalue weighted by molar-refractivity contribution is 7.12. The fourth-order valence-corrected chi connectivity index (χ4v) is 5.29. The van der Waals surface area contributed by atoms with Gasteiger partial charge in [-0.05, 0) is 132 Å². The molecule has 0 radical (unpaired) electrons. The molecule has 0 bridgehead atoms. The maximum atomic E-state index is 12.1. The Morgan fingerprint density at radius 2 is 1.06 bits per heavy atom. The zero-order valence-electron chi connectivity index (χ0n) is 26.1. The fourth-order valence-electron chi connectivity index (χ4n) is 4.57. The first-order chi connectivity index (χ1) is 23.1. The summed E-state index contributed by atoms with van der Waals surface area (Å²) < 4.78 is 17.2. The number of carbonyl (C=O) groups is 1. The van der Waals surface area contributed by atoms with Gasteiger partial charge in [0, 0.05) is 17.5 Å². The van der Waals surface area contributed by atoms with Crippen molar-refractivity contribution in [2.75, 3.05) is 13.2 Å². The Kier molecular flexibility index (Phi) is 13.2. The summed E-state index contributed by atoms with van der Waals surface area (Å²) in [5.74, 6) is 1.88. The van der Waals surface area contributed by atoms with Crippen LogP contribution in [0.15, 0.2) is 125 Å². The van der Waals surface area contributed by atoms with E-state index < -0.39 is 0 Å². The Hall–Kier alpha value is -4.72. The summed E-state index contributed by atoms with van der Waals surface area (Å²) in [4.78, 5) is 21.7. The quantitative estimate of drug-likeness (QED) is 0.0429. The van der Waals surface area contributed by atoms with Gasteiger partial charge in [-0.1, -0.05) is 43.4 Å². The van der Waals surface area contributed by atoms with Gasteiger partial charge < -0.3 is 14.2 Å². The molecule has 0 N–H and O–H groups in total. The molecule has 0 amide bonds. The highest BCUT2D eigenvalue weighted by Crippen LogP contribution is 2.21. The van der Waals surface area contributed by atoms with Crippen LogP contribution in [0.3, 0.4) is 0 Å². The second-order valence-corrected chi connectivity index (χ2v) is 12.2. The molecule has 5 rings (SSSR count). The van der Waals surface area contributed by atoms with E-state index in [2.05, 4.69) is 9.98 Å². The predicted molar refractivity (Wildman–Crippen MR) is 193 cm³/mol. The zero-order chi connectivity index (χ0) is 32.5. The number of ether oxygens (including phenoxy) is 3. The maximum Gasteiger partial charge on any atom is 0.353 e. The van der Waals surface area contributed by atoms with Gasteiger partial charge in [-0.25, -0.2) is 4.79 Å². The van der Waals surface area contributed by atoms with E-state index in [9.17, 15) is 4.79 Å². The van der Waals surface area contributed by atoms with Crippen LogP contribution in [-0.2, 0) is 0 Å². The van der Waals surface area contributed by atoms with Crippen molar-refractivity contribution in [3.05, 3.63) is 136 Å². The van der Waals surface area contributed by atoms with Gasteiger partial charge in [0.05, 0.1) is 24.6 Å². The highest BCUT2D eigenvalue weighted by atomic mass is 35.5. The Bertz CT molecular complexity index is 1700. The van der Waals surface area contributed by atoms with Gasteiger partial charge >= 0.3 is 5.97 Å². The van der Waals surface area contributed by atoms with Gasteiger partial charge in [0.25, 0.3) is 0 Å². The number of unbranched alkanes of at least 4 members (excludes halogenated alkanes) is 5. The minimum Gasteiger partial charge on any atom is -0.494 e. The molecule has 5 aromatic rings. The molecular weight excluding hydrogens is 628 g/mol. The lowest BCUT2D eigenvalue weighted by atomic mass is 10.1. The molecule has 0 atom stereocenters. The number of thiophene rings is 1. The number of hydrogen-bond acceptors (Lipinski definition) is 7. The van der Waals surface area contributed by atoms with Crippen molar-refractivity contribution in [1.29, 1.82) is 0 Å². The molecule has 0 spiro atoms. The highest BCUT2D eigenvalue weighted by Gasteiger charge is 2.09. The molecule has 6 nitrogen and oxygen atoms in total. The number of rotatable bonds is 17. The van der Waals surface area contributed by atoms with E-state index in [0.717, 1.165) is 66.3 Å². The van der Waals surface area contributed by atoms with Gasteiger partial charge in [0.1, 0.15) is 22.1 Å². The third-order valence-corrected chi connectivity index (χ3v) is 8.26. The summed E-state index contributed by atoms with van der Waals surface area (Å²) in [6.45, 7) is 1.43. The van der Waals surface area contributed by atoms with Crippen molar-refractivity contribution in [3.63, 3.8) is 0 Å². The van der Waals surface area contributed by atoms with Gasteiger partial charge in [0.15, 0.2) is 0 Å². The Balaban J connectivity index is 0.887. The van der Waals surface area contributed by atoms with Crippen LogP contribution in [0, 0.1) is 0 Å². The fraction of sp³-hybridized carbons (Fsp3) is 0.205. The first-order valence-electron chi connectivity index (χ1n) is 15.8. The third kappa shape index (κ3) is 11.9. The summed E-state index contributed by atoms with van der Waals surface area (Å²) in [7, 11) is 0. The van der Waals surface area contributed by atoms with Crippen LogP contribution in [0.4, 0.5) is 11.4 Å². The Morgan fingerprint density at radius 1 is 0.596 bits per heavy atom. The molecule has 8 heteroatoms. The van der Waals surface area contributed by atoms with Crippen LogP contribution in [0.2, 0.25) is 5.02 Å². The number of benzene rings is 4. The van der Waals surface area contributed by atoms with E-state index in [0.29, 0.717) is 22.3 Å². The van der Waals surface area contributed by atoms with E-state index >= 15 is 0 Å². The van der Waals surface area contributed by atoms with E-state index in [-0.39, 0.29) is 5.97 Å². The molecule has 0 unspecified atom stereocenters. The molecule has 240 valence electrons. The SMILES string of the molecule is O=C(Oc1ccc(C=Nc2ccc(OCCCCCCCCOc3ccc(C=Nc4ccc(Cl)cc4)cc3)cc2)cc1)c1cccs1. The molecule has 0 saturated carbocycles. The van der Waals surface area contributed by atoms with Crippen LogP contribution >= 0.6 is 22.9 Å². The van der Waals surface area contributed by atoms with E-state index in [1.54, 1.807) is 24.4 Å². The summed E-state index contributed by atoms with van der Waals surface area (Å²) in [6, 6.07) is 34.1. The average molecular weight is 665 g/mol. The smallest absolute Gasteiger partial charge is 0.353 e. The van der Waals surface area contributed by atoms with Crippen LogP contribution in [0.5, 0.6) is 17.2 Å². The van der Waals surface area contributed by atoms with Crippen molar-refractivity contribution < 1.29 is 19.0 Å². The van der Waals surface area contributed by atoms with E-state index in [4.69, 9.17) is 25.8 Å². The van der Waals surface area contributed by atoms with Gasteiger partial charge in [-0.2, -0.15) is 0 Å². The van der Waals surface area contributed by atoms with Crippen molar-refractivity contribution in [2.45, 2.75) is 38.5 Å². The number of aliphatic imine (C=N–C) groups is 2. The molecule has 0 aliphatic rings. The monoisotopic (exact) mass is 664 g/mol. The summed E-state index contributed by atoms with van der Waals surface area (Å²) in [5.41, 5.74) is 3.64. The number of esters is 1. The van der Waals surface area contributed by atoms with Gasteiger partial charge in [0.2, 0.25) is 0 Å². The molecule has 0 aliphatic heterocycles. The molecular formula is C39H37ClN2O4S. The lowest BCUT2D eigenvalue weighted by Crippen LogP contribution is -2.06. The van der Waals surface area contributed by atoms with E-state index in [1.165, 1.54) is 24.2 Å². The Morgan fingerprint density at radius 3 is 1.57 bits per heavy atom. The molecule has 1 aromatic heterocycles. The maximum absolute atomic E-state index is 12.1. The normalized spacial score (nSPS) is 11.3. The second kappa shape index (κ2) is 18.4.